The average Bonchev–Trinajstić information content (AvgIpc) is 2.04. The van der Waals surface area contributed by atoms with Gasteiger partial charge in [0, 0.05) is 6.54 Å². The van der Waals surface area contributed by atoms with Gasteiger partial charge in [-0.1, -0.05) is 0 Å². The van der Waals surface area contributed by atoms with Crippen molar-refractivity contribution in [2.45, 2.75) is 19.4 Å². The Kier molecular flexibility index (Phi) is 2.24. The van der Waals surface area contributed by atoms with Crippen LogP contribution in [0.25, 0.3) is 0 Å². The van der Waals surface area contributed by atoms with E-state index in [0.29, 0.717) is 6.54 Å². The van der Waals surface area contributed by atoms with Crippen molar-refractivity contribution in [1.82, 2.24) is 10.4 Å². The lowest BCUT2D eigenvalue weighted by atomic mass is 10.3. The Hall–Kier alpha value is -0.610. The molecule has 0 aliphatic carbocycles. The van der Waals surface area contributed by atoms with Crippen molar-refractivity contribution in [1.29, 1.82) is 0 Å². The molecule has 2 N–H and O–H groups in total. The van der Waals surface area contributed by atoms with Gasteiger partial charge < -0.3 is 5.32 Å². The quantitative estimate of drug-likeness (QED) is 0.454. The van der Waals surface area contributed by atoms with Crippen LogP contribution in [0.2, 0.25) is 0 Å². The monoisotopic (exact) mass is 144 g/mol. The van der Waals surface area contributed by atoms with Crippen molar-refractivity contribution < 1.29 is 10.0 Å². The molecule has 1 aliphatic rings. The van der Waals surface area contributed by atoms with Crippen LogP contribution in [-0.2, 0) is 4.79 Å². The van der Waals surface area contributed by atoms with E-state index in [1.165, 1.54) is 0 Å². The fourth-order valence-electron chi connectivity index (χ4n) is 0.968. The molecule has 0 bridgehead atoms. The second kappa shape index (κ2) is 2.98. The van der Waals surface area contributed by atoms with Crippen molar-refractivity contribution in [3.8, 4) is 0 Å². The first kappa shape index (κ1) is 7.50. The van der Waals surface area contributed by atoms with Crippen molar-refractivity contribution in [2.75, 3.05) is 13.1 Å². The lowest BCUT2D eigenvalue weighted by Crippen LogP contribution is -2.39. The Morgan fingerprint density at radius 1 is 1.80 bits per heavy atom. The van der Waals surface area contributed by atoms with E-state index in [2.05, 4.69) is 5.32 Å². The highest BCUT2D eigenvalue weighted by molar-refractivity contribution is 5.80. The van der Waals surface area contributed by atoms with Gasteiger partial charge in [0.1, 0.15) is 0 Å². The number of hydroxylamine groups is 2. The Balaban J connectivity index is 2.55. The van der Waals surface area contributed by atoms with Gasteiger partial charge in [0.25, 0.3) is 5.91 Å². The molecule has 4 nitrogen and oxygen atoms in total. The minimum Gasteiger partial charge on any atom is -0.306 e. The highest BCUT2D eigenvalue weighted by Gasteiger charge is 2.20. The molecular weight excluding hydrogens is 132 g/mol. The van der Waals surface area contributed by atoms with E-state index in [-0.39, 0.29) is 11.9 Å². The first-order valence-electron chi connectivity index (χ1n) is 3.45. The summed E-state index contributed by atoms with van der Waals surface area (Å²) in [7, 11) is 0. The zero-order valence-electron chi connectivity index (χ0n) is 6.00. The second-order valence-electron chi connectivity index (χ2n) is 2.49. The van der Waals surface area contributed by atoms with E-state index in [1.807, 2.05) is 0 Å². The van der Waals surface area contributed by atoms with Gasteiger partial charge in [-0.05, 0) is 19.9 Å². The molecular formula is C6H12N2O2. The van der Waals surface area contributed by atoms with Crippen LogP contribution < -0.4 is 5.32 Å². The molecule has 4 heteroatoms. The summed E-state index contributed by atoms with van der Waals surface area (Å²) in [6, 6.07) is -0.243. The minimum absolute atomic E-state index is 0.238. The molecule has 1 atom stereocenters. The SMILES string of the molecule is CC1NCCCN(O)C1=O. The fourth-order valence-corrected chi connectivity index (χ4v) is 0.968. The van der Waals surface area contributed by atoms with Crippen molar-refractivity contribution in [3.63, 3.8) is 0 Å². The molecule has 1 amide bonds. The number of nitrogens with zero attached hydrogens (tertiary/aromatic N) is 1. The molecule has 1 rings (SSSR count). The summed E-state index contributed by atoms with van der Waals surface area (Å²) >= 11 is 0. The van der Waals surface area contributed by atoms with Crippen LogP contribution in [0.15, 0.2) is 0 Å². The third kappa shape index (κ3) is 1.46. The molecule has 0 aromatic carbocycles. The number of amides is 1. The number of hydrogen-bond acceptors (Lipinski definition) is 3. The van der Waals surface area contributed by atoms with Crippen LogP contribution in [0.4, 0.5) is 0 Å². The van der Waals surface area contributed by atoms with Crippen molar-refractivity contribution >= 4 is 5.91 Å². The van der Waals surface area contributed by atoms with Crippen LogP contribution in [0.3, 0.4) is 0 Å². The molecule has 0 saturated carbocycles. The lowest BCUT2D eigenvalue weighted by molar-refractivity contribution is -0.165. The first-order valence-corrected chi connectivity index (χ1v) is 3.45. The summed E-state index contributed by atoms with van der Waals surface area (Å²) in [6.07, 6.45) is 0.812. The van der Waals surface area contributed by atoms with E-state index in [9.17, 15) is 4.79 Å². The maximum absolute atomic E-state index is 11.0. The summed E-state index contributed by atoms with van der Waals surface area (Å²) < 4.78 is 0. The minimum atomic E-state index is -0.243. The predicted octanol–water partition coefficient (Wildman–Crippen LogP) is -0.414. The summed E-state index contributed by atoms with van der Waals surface area (Å²) in [5.41, 5.74) is 0. The van der Waals surface area contributed by atoms with Crippen LogP contribution in [0, 0.1) is 0 Å². The first-order chi connectivity index (χ1) is 4.72. The van der Waals surface area contributed by atoms with Gasteiger partial charge >= 0.3 is 0 Å². The van der Waals surface area contributed by atoms with Gasteiger partial charge in [-0.15, -0.1) is 0 Å². The van der Waals surface area contributed by atoms with E-state index >= 15 is 0 Å². The molecule has 0 spiro atoms. The van der Waals surface area contributed by atoms with Gasteiger partial charge in [0.2, 0.25) is 0 Å². The van der Waals surface area contributed by atoms with Gasteiger partial charge in [-0.25, -0.2) is 5.06 Å². The maximum atomic E-state index is 11.0. The third-order valence-corrected chi connectivity index (χ3v) is 1.62. The zero-order valence-corrected chi connectivity index (χ0v) is 6.00. The normalized spacial score (nSPS) is 28.4. The lowest BCUT2D eigenvalue weighted by Gasteiger charge is -2.13. The Labute approximate surface area is 59.8 Å². The number of carbonyl (C=O) groups excluding carboxylic acids is 1. The molecule has 1 unspecified atom stereocenters. The standard InChI is InChI=1S/C6H12N2O2/c1-5-6(9)8(10)4-2-3-7-5/h5,7,10H,2-4H2,1H3. The van der Waals surface area contributed by atoms with E-state index < -0.39 is 0 Å². The van der Waals surface area contributed by atoms with Crippen LogP contribution in [-0.4, -0.2) is 35.3 Å². The molecule has 1 fully saturated rings. The predicted molar refractivity (Wildman–Crippen MR) is 35.6 cm³/mol. The number of carbonyl (C=O) groups is 1. The van der Waals surface area contributed by atoms with Gasteiger partial charge in [-0.3, -0.25) is 10.0 Å². The topological polar surface area (TPSA) is 52.6 Å². The molecule has 0 aromatic rings. The van der Waals surface area contributed by atoms with Gasteiger partial charge in [0.05, 0.1) is 6.04 Å². The van der Waals surface area contributed by atoms with Crippen LogP contribution in [0.1, 0.15) is 13.3 Å². The fraction of sp³-hybridized carbons (Fsp3) is 0.833. The molecule has 58 valence electrons. The zero-order chi connectivity index (χ0) is 7.56. The largest absolute Gasteiger partial charge is 0.306 e. The molecule has 0 aromatic heterocycles. The smallest absolute Gasteiger partial charge is 0.262 e. The Morgan fingerprint density at radius 3 is 3.20 bits per heavy atom. The summed E-state index contributed by atoms with van der Waals surface area (Å²) in [6.45, 7) is 2.98. The molecule has 0 radical (unpaired) electrons. The molecule has 1 aliphatic heterocycles. The van der Waals surface area contributed by atoms with E-state index in [0.717, 1.165) is 18.0 Å². The highest BCUT2D eigenvalue weighted by Crippen LogP contribution is 1.97. The van der Waals surface area contributed by atoms with Crippen LogP contribution in [0.5, 0.6) is 0 Å². The van der Waals surface area contributed by atoms with Gasteiger partial charge in [0.15, 0.2) is 0 Å². The van der Waals surface area contributed by atoms with Crippen molar-refractivity contribution in [3.05, 3.63) is 0 Å². The Morgan fingerprint density at radius 2 is 2.50 bits per heavy atom. The Bertz CT molecular complexity index is 124. The molecule has 1 saturated heterocycles. The second-order valence-corrected chi connectivity index (χ2v) is 2.49. The van der Waals surface area contributed by atoms with E-state index in [1.54, 1.807) is 6.92 Å². The summed E-state index contributed by atoms with van der Waals surface area (Å²) in [5.74, 6) is -0.238. The number of nitrogens with one attached hydrogen (secondary N) is 1. The molecule has 1 heterocycles. The maximum Gasteiger partial charge on any atom is 0.262 e. The molecule has 10 heavy (non-hydrogen) atoms. The average molecular weight is 144 g/mol. The van der Waals surface area contributed by atoms with Gasteiger partial charge in [-0.2, -0.15) is 0 Å². The summed E-state index contributed by atoms with van der Waals surface area (Å²) in [4.78, 5) is 11.0. The number of hydrogen-bond donors (Lipinski definition) is 2. The number of rotatable bonds is 0. The third-order valence-electron chi connectivity index (χ3n) is 1.62. The van der Waals surface area contributed by atoms with Crippen molar-refractivity contribution in [2.24, 2.45) is 0 Å². The summed E-state index contributed by atoms with van der Waals surface area (Å²) in [5, 5.41) is 12.7. The van der Waals surface area contributed by atoms with E-state index in [4.69, 9.17) is 5.21 Å². The highest BCUT2D eigenvalue weighted by atomic mass is 16.5. The van der Waals surface area contributed by atoms with Crippen LogP contribution >= 0.6 is 0 Å².